The highest BCUT2D eigenvalue weighted by atomic mass is 16.6. The molecule has 1 aromatic heterocycles. The Hall–Kier alpha value is -2.21. The Morgan fingerprint density at radius 1 is 1.45 bits per heavy atom. The van der Waals surface area contributed by atoms with E-state index in [1.807, 2.05) is 18.5 Å². The third-order valence-corrected chi connectivity index (χ3v) is 3.21. The maximum atomic E-state index is 10.9. The van der Waals surface area contributed by atoms with Gasteiger partial charge in [-0.05, 0) is 19.0 Å². The Kier molecular flexibility index (Phi) is 4.47. The maximum absolute atomic E-state index is 10.9. The molecule has 6 heteroatoms. The van der Waals surface area contributed by atoms with Crippen molar-refractivity contribution in [1.82, 2.24) is 15.1 Å². The number of nitro benzene ring substituents is 1. The molecular weight excluding hydrogens is 256 g/mol. The van der Waals surface area contributed by atoms with Crippen LogP contribution in [0.5, 0.6) is 0 Å². The van der Waals surface area contributed by atoms with Crippen LogP contribution in [0.25, 0.3) is 0 Å². The molecule has 0 spiro atoms. The van der Waals surface area contributed by atoms with Crippen molar-refractivity contribution in [2.24, 2.45) is 0 Å². The highest BCUT2D eigenvalue weighted by Crippen LogP contribution is 2.21. The van der Waals surface area contributed by atoms with E-state index < -0.39 is 0 Å². The minimum atomic E-state index is -0.349. The number of hydrogen-bond acceptors (Lipinski definition) is 4. The topological polar surface area (TPSA) is 73.0 Å². The van der Waals surface area contributed by atoms with Crippen molar-refractivity contribution >= 4 is 5.69 Å². The lowest BCUT2D eigenvalue weighted by Gasteiger charge is -2.06. The molecule has 106 valence electrons. The van der Waals surface area contributed by atoms with E-state index >= 15 is 0 Å². The number of hydrogen-bond donors (Lipinski definition) is 1. The summed E-state index contributed by atoms with van der Waals surface area (Å²) >= 11 is 0. The van der Waals surface area contributed by atoms with E-state index in [1.54, 1.807) is 17.7 Å². The predicted molar refractivity (Wildman–Crippen MR) is 76.5 cm³/mol. The van der Waals surface area contributed by atoms with Crippen LogP contribution < -0.4 is 5.32 Å². The van der Waals surface area contributed by atoms with Crippen LogP contribution >= 0.6 is 0 Å². The smallest absolute Gasteiger partial charge is 0.272 e. The fourth-order valence-corrected chi connectivity index (χ4v) is 2.07. The van der Waals surface area contributed by atoms with Crippen LogP contribution in [0.1, 0.15) is 23.6 Å². The third kappa shape index (κ3) is 3.21. The Balaban J connectivity index is 2.16. The Morgan fingerprint density at radius 3 is 2.95 bits per heavy atom. The molecule has 0 unspecified atom stereocenters. The van der Waals surface area contributed by atoms with Gasteiger partial charge in [-0.1, -0.05) is 19.1 Å². The second-order valence-electron chi connectivity index (χ2n) is 4.64. The van der Waals surface area contributed by atoms with Gasteiger partial charge < -0.3 is 5.32 Å². The first-order valence-electron chi connectivity index (χ1n) is 6.56. The van der Waals surface area contributed by atoms with E-state index in [1.165, 1.54) is 6.07 Å². The number of nitro groups is 1. The van der Waals surface area contributed by atoms with Gasteiger partial charge in [0.2, 0.25) is 0 Å². The van der Waals surface area contributed by atoms with Crippen molar-refractivity contribution in [2.75, 3.05) is 6.54 Å². The first-order valence-corrected chi connectivity index (χ1v) is 6.56. The van der Waals surface area contributed by atoms with Crippen molar-refractivity contribution in [2.45, 2.75) is 26.9 Å². The summed E-state index contributed by atoms with van der Waals surface area (Å²) in [5.74, 6) is 0. The molecule has 2 rings (SSSR count). The quantitative estimate of drug-likeness (QED) is 0.647. The second-order valence-corrected chi connectivity index (χ2v) is 4.64. The van der Waals surface area contributed by atoms with Crippen LogP contribution in [-0.2, 0) is 13.1 Å². The molecule has 1 heterocycles. The SMILES string of the molecule is CCNCc1cnn(Cc2cccc([N+](=O)[O-])c2C)c1. The van der Waals surface area contributed by atoms with E-state index in [9.17, 15) is 10.1 Å². The molecule has 0 aliphatic carbocycles. The molecule has 0 radical (unpaired) electrons. The monoisotopic (exact) mass is 274 g/mol. The molecule has 1 aromatic carbocycles. The Bertz CT molecular complexity index is 607. The summed E-state index contributed by atoms with van der Waals surface area (Å²) in [6, 6.07) is 5.13. The molecule has 1 N–H and O–H groups in total. The van der Waals surface area contributed by atoms with Crippen LogP contribution in [0.15, 0.2) is 30.6 Å². The van der Waals surface area contributed by atoms with Crippen molar-refractivity contribution < 1.29 is 4.92 Å². The second kappa shape index (κ2) is 6.29. The van der Waals surface area contributed by atoms with Crippen LogP contribution in [0.2, 0.25) is 0 Å². The normalized spacial score (nSPS) is 10.7. The van der Waals surface area contributed by atoms with Gasteiger partial charge in [0.15, 0.2) is 0 Å². The highest BCUT2D eigenvalue weighted by Gasteiger charge is 2.13. The maximum Gasteiger partial charge on any atom is 0.272 e. The fourth-order valence-electron chi connectivity index (χ4n) is 2.07. The van der Waals surface area contributed by atoms with Gasteiger partial charge in [-0.2, -0.15) is 5.10 Å². The van der Waals surface area contributed by atoms with E-state index in [0.29, 0.717) is 12.1 Å². The van der Waals surface area contributed by atoms with Gasteiger partial charge in [0.05, 0.1) is 17.7 Å². The first kappa shape index (κ1) is 14.2. The molecule has 0 aliphatic rings. The molecule has 0 aliphatic heterocycles. The number of nitrogens with one attached hydrogen (secondary N) is 1. The molecular formula is C14H18N4O2. The zero-order valence-electron chi connectivity index (χ0n) is 11.7. The van der Waals surface area contributed by atoms with Crippen molar-refractivity contribution in [3.05, 3.63) is 57.4 Å². The largest absolute Gasteiger partial charge is 0.313 e. The summed E-state index contributed by atoms with van der Waals surface area (Å²) in [6.07, 6.45) is 3.77. The zero-order valence-corrected chi connectivity index (χ0v) is 11.7. The molecule has 0 atom stereocenters. The number of aromatic nitrogens is 2. The average molecular weight is 274 g/mol. The summed E-state index contributed by atoms with van der Waals surface area (Å²) in [6.45, 7) is 6.06. The predicted octanol–water partition coefficient (Wildman–Crippen LogP) is 2.26. The van der Waals surface area contributed by atoms with Crippen LogP contribution in [0.4, 0.5) is 5.69 Å². The Morgan fingerprint density at radius 2 is 2.25 bits per heavy atom. The van der Waals surface area contributed by atoms with Crippen LogP contribution in [-0.4, -0.2) is 21.2 Å². The number of rotatable bonds is 6. The molecule has 0 saturated heterocycles. The molecule has 20 heavy (non-hydrogen) atoms. The van der Waals surface area contributed by atoms with Gasteiger partial charge >= 0.3 is 0 Å². The van der Waals surface area contributed by atoms with Gasteiger partial charge in [-0.25, -0.2) is 0 Å². The van der Waals surface area contributed by atoms with E-state index in [4.69, 9.17) is 0 Å². The standard InChI is InChI=1S/C14H18N4O2/c1-3-15-7-12-8-16-17(9-12)10-13-5-4-6-14(11(13)2)18(19)20/h4-6,8-9,15H,3,7,10H2,1-2H3. The lowest BCUT2D eigenvalue weighted by molar-refractivity contribution is -0.385. The van der Waals surface area contributed by atoms with Crippen molar-refractivity contribution in [3.8, 4) is 0 Å². The fraction of sp³-hybridized carbons (Fsp3) is 0.357. The first-order chi connectivity index (χ1) is 9.61. The molecule has 2 aromatic rings. The number of benzene rings is 1. The van der Waals surface area contributed by atoms with E-state index in [-0.39, 0.29) is 10.6 Å². The molecule has 0 bridgehead atoms. The lowest BCUT2D eigenvalue weighted by atomic mass is 10.1. The summed E-state index contributed by atoms with van der Waals surface area (Å²) in [5, 5.41) is 18.4. The summed E-state index contributed by atoms with van der Waals surface area (Å²) in [7, 11) is 0. The lowest BCUT2D eigenvalue weighted by Crippen LogP contribution is -2.11. The molecule has 6 nitrogen and oxygen atoms in total. The summed E-state index contributed by atoms with van der Waals surface area (Å²) in [5.41, 5.74) is 2.87. The summed E-state index contributed by atoms with van der Waals surface area (Å²) < 4.78 is 1.80. The minimum Gasteiger partial charge on any atom is -0.313 e. The third-order valence-electron chi connectivity index (χ3n) is 3.21. The zero-order chi connectivity index (χ0) is 14.5. The van der Waals surface area contributed by atoms with Crippen molar-refractivity contribution in [3.63, 3.8) is 0 Å². The average Bonchev–Trinajstić information content (AvgIpc) is 2.86. The molecule has 0 amide bonds. The Labute approximate surface area is 117 Å². The van der Waals surface area contributed by atoms with Crippen LogP contribution in [0.3, 0.4) is 0 Å². The minimum absolute atomic E-state index is 0.155. The summed E-state index contributed by atoms with van der Waals surface area (Å²) in [4.78, 5) is 10.6. The van der Waals surface area contributed by atoms with Gasteiger partial charge in [-0.3, -0.25) is 14.8 Å². The molecule has 0 saturated carbocycles. The van der Waals surface area contributed by atoms with E-state index in [0.717, 1.165) is 24.2 Å². The van der Waals surface area contributed by atoms with Gasteiger partial charge in [0.1, 0.15) is 0 Å². The van der Waals surface area contributed by atoms with E-state index in [2.05, 4.69) is 17.3 Å². The number of nitrogens with zero attached hydrogens (tertiary/aromatic N) is 3. The van der Waals surface area contributed by atoms with Crippen molar-refractivity contribution in [1.29, 1.82) is 0 Å². The van der Waals surface area contributed by atoms with Gasteiger partial charge in [0.25, 0.3) is 5.69 Å². The molecule has 0 fully saturated rings. The van der Waals surface area contributed by atoms with Gasteiger partial charge in [-0.15, -0.1) is 0 Å². The van der Waals surface area contributed by atoms with Gasteiger partial charge in [0, 0.05) is 29.9 Å². The van der Waals surface area contributed by atoms with Crippen LogP contribution in [0, 0.1) is 17.0 Å². The highest BCUT2D eigenvalue weighted by molar-refractivity contribution is 5.44.